The van der Waals surface area contributed by atoms with Crippen LogP contribution in [-0.4, -0.2) is 41.0 Å². The smallest absolute Gasteiger partial charge is 0.232 e. The highest BCUT2D eigenvalue weighted by molar-refractivity contribution is 7.99. The normalized spacial score (nSPS) is 11.5. The predicted molar refractivity (Wildman–Crippen MR) is 124 cm³/mol. The van der Waals surface area contributed by atoms with Crippen molar-refractivity contribution in [2.45, 2.75) is 32.1 Å². The standard InChI is InChI=1S/C21H23ClN4O3S2/c1-4-25-20(13-26(31(3,28)29)18-11-5-15(2)6-12-18)23-24-21(25)30-14-19(27)16-7-9-17(22)10-8-16/h5-12H,4,13-14H2,1-3H3. The first-order valence-electron chi connectivity index (χ1n) is 9.57. The highest BCUT2D eigenvalue weighted by Crippen LogP contribution is 2.24. The molecule has 0 amide bonds. The van der Waals surface area contributed by atoms with E-state index in [-0.39, 0.29) is 18.1 Å². The molecule has 0 N–H and O–H groups in total. The summed E-state index contributed by atoms with van der Waals surface area (Å²) in [6.07, 6.45) is 1.17. The van der Waals surface area contributed by atoms with Gasteiger partial charge >= 0.3 is 0 Å². The number of aryl methyl sites for hydroxylation is 1. The van der Waals surface area contributed by atoms with Gasteiger partial charge in [0.2, 0.25) is 10.0 Å². The van der Waals surface area contributed by atoms with Gasteiger partial charge in [0, 0.05) is 17.1 Å². The minimum Gasteiger partial charge on any atom is -0.305 e. The number of anilines is 1. The maximum atomic E-state index is 12.4. The second-order valence-electron chi connectivity index (χ2n) is 6.97. The van der Waals surface area contributed by atoms with E-state index in [0.29, 0.717) is 33.8 Å². The van der Waals surface area contributed by atoms with Crippen molar-refractivity contribution < 1.29 is 13.2 Å². The molecule has 0 unspecified atom stereocenters. The molecular weight excluding hydrogens is 456 g/mol. The molecule has 164 valence electrons. The van der Waals surface area contributed by atoms with Gasteiger partial charge in [-0.2, -0.15) is 0 Å². The van der Waals surface area contributed by atoms with E-state index in [0.717, 1.165) is 5.56 Å². The maximum Gasteiger partial charge on any atom is 0.232 e. The largest absolute Gasteiger partial charge is 0.305 e. The predicted octanol–water partition coefficient (Wildman–Crippen LogP) is 4.20. The van der Waals surface area contributed by atoms with Crippen molar-refractivity contribution in [3.8, 4) is 0 Å². The fourth-order valence-electron chi connectivity index (χ4n) is 2.95. The zero-order valence-electron chi connectivity index (χ0n) is 17.4. The summed E-state index contributed by atoms with van der Waals surface area (Å²) in [6.45, 7) is 4.46. The van der Waals surface area contributed by atoms with Gasteiger partial charge in [0.15, 0.2) is 16.8 Å². The van der Waals surface area contributed by atoms with E-state index >= 15 is 0 Å². The minimum atomic E-state index is -3.53. The van der Waals surface area contributed by atoms with E-state index in [2.05, 4.69) is 10.2 Å². The number of sulfonamides is 1. The summed E-state index contributed by atoms with van der Waals surface area (Å²) in [6, 6.07) is 14.0. The highest BCUT2D eigenvalue weighted by atomic mass is 35.5. The number of carbonyl (C=O) groups is 1. The molecule has 0 aliphatic rings. The van der Waals surface area contributed by atoms with Crippen LogP contribution in [0.15, 0.2) is 53.7 Å². The van der Waals surface area contributed by atoms with Crippen LogP contribution < -0.4 is 4.31 Å². The second-order valence-corrected chi connectivity index (χ2v) is 10.3. The molecule has 0 saturated heterocycles. The molecule has 31 heavy (non-hydrogen) atoms. The topological polar surface area (TPSA) is 85.2 Å². The molecule has 10 heteroatoms. The Morgan fingerprint density at radius 2 is 1.74 bits per heavy atom. The highest BCUT2D eigenvalue weighted by Gasteiger charge is 2.22. The van der Waals surface area contributed by atoms with Gasteiger partial charge in [0.05, 0.1) is 24.2 Å². The lowest BCUT2D eigenvalue weighted by Gasteiger charge is -2.22. The lowest BCUT2D eigenvalue weighted by Crippen LogP contribution is -2.30. The first kappa shape index (κ1) is 23.3. The molecule has 0 aliphatic heterocycles. The third-order valence-electron chi connectivity index (χ3n) is 4.62. The Kier molecular flexibility index (Phi) is 7.40. The number of rotatable bonds is 9. The van der Waals surface area contributed by atoms with E-state index in [1.807, 2.05) is 30.5 Å². The van der Waals surface area contributed by atoms with Gasteiger partial charge in [-0.1, -0.05) is 41.1 Å². The average Bonchev–Trinajstić information content (AvgIpc) is 3.12. The third-order valence-corrected chi connectivity index (χ3v) is 6.97. The Morgan fingerprint density at radius 1 is 1.10 bits per heavy atom. The van der Waals surface area contributed by atoms with Gasteiger partial charge in [-0.15, -0.1) is 10.2 Å². The molecule has 0 spiro atoms. The summed E-state index contributed by atoms with van der Waals surface area (Å²) in [5.74, 6) is 0.647. The van der Waals surface area contributed by atoms with Crippen LogP contribution in [0.3, 0.4) is 0 Å². The molecule has 3 aromatic rings. The Balaban J connectivity index is 1.78. The van der Waals surface area contributed by atoms with Crippen LogP contribution in [0, 0.1) is 6.92 Å². The summed E-state index contributed by atoms with van der Waals surface area (Å²) in [5, 5.41) is 9.53. The molecule has 0 radical (unpaired) electrons. The Hall–Kier alpha value is -2.36. The minimum absolute atomic E-state index is 0.0497. The van der Waals surface area contributed by atoms with Crippen LogP contribution in [0.4, 0.5) is 5.69 Å². The number of nitrogens with zero attached hydrogens (tertiary/aromatic N) is 4. The monoisotopic (exact) mass is 478 g/mol. The van der Waals surface area contributed by atoms with E-state index in [1.165, 1.54) is 22.3 Å². The first-order chi connectivity index (χ1) is 14.7. The number of aromatic nitrogens is 3. The summed E-state index contributed by atoms with van der Waals surface area (Å²) in [4.78, 5) is 12.4. The van der Waals surface area contributed by atoms with Crippen LogP contribution in [0.25, 0.3) is 0 Å². The molecule has 7 nitrogen and oxygen atoms in total. The zero-order valence-corrected chi connectivity index (χ0v) is 19.8. The molecule has 0 aliphatic carbocycles. The summed E-state index contributed by atoms with van der Waals surface area (Å²) >= 11 is 7.14. The zero-order chi connectivity index (χ0) is 22.6. The number of halogens is 1. The number of thioether (sulfide) groups is 1. The average molecular weight is 479 g/mol. The van der Waals surface area contributed by atoms with Gasteiger partial charge in [0.1, 0.15) is 0 Å². The SMILES string of the molecule is CCn1c(CN(c2ccc(C)cc2)S(C)(=O)=O)nnc1SCC(=O)c1ccc(Cl)cc1. The van der Waals surface area contributed by atoms with Gasteiger partial charge in [-0.05, 0) is 50.2 Å². The van der Waals surface area contributed by atoms with Crippen molar-refractivity contribution in [2.75, 3.05) is 16.3 Å². The number of hydrogen-bond acceptors (Lipinski definition) is 6. The quantitative estimate of drug-likeness (QED) is 0.338. The van der Waals surface area contributed by atoms with Crippen molar-refractivity contribution >= 4 is 44.9 Å². The summed E-state index contributed by atoms with van der Waals surface area (Å²) < 4.78 is 28.0. The Bertz CT molecular complexity index is 1160. The van der Waals surface area contributed by atoms with Crippen LogP contribution in [0.5, 0.6) is 0 Å². The van der Waals surface area contributed by atoms with E-state index in [4.69, 9.17) is 11.6 Å². The van der Waals surface area contributed by atoms with Gasteiger partial charge in [0.25, 0.3) is 0 Å². The molecule has 1 aromatic heterocycles. The van der Waals surface area contributed by atoms with Crippen molar-refractivity contribution in [2.24, 2.45) is 0 Å². The molecule has 0 atom stereocenters. The molecule has 2 aromatic carbocycles. The number of Topliss-reactive ketones (excluding diaryl/α,β-unsaturated/α-hetero) is 1. The van der Waals surface area contributed by atoms with E-state index in [1.54, 1.807) is 36.4 Å². The Morgan fingerprint density at radius 3 is 2.32 bits per heavy atom. The number of benzene rings is 2. The molecule has 0 saturated carbocycles. The van der Waals surface area contributed by atoms with Crippen molar-refractivity contribution in [3.63, 3.8) is 0 Å². The van der Waals surface area contributed by atoms with Crippen LogP contribution in [-0.2, 0) is 23.1 Å². The van der Waals surface area contributed by atoms with Crippen LogP contribution in [0.1, 0.15) is 28.7 Å². The van der Waals surface area contributed by atoms with E-state index in [9.17, 15) is 13.2 Å². The van der Waals surface area contributed by atoms with Crippen molar-refractivity contribution in [3.05, 3.63) is 70.5 Å². The second kappa shape index (κ2) is 9.84. The first-order valence-corrected chi connectivity index (χ1v) is 12.8. The number of ketones is 1. The van der Waals surface area contributed by atoms with Crippen LogP contribution in [0.2, 0.25) is 5.02 Å². The molecular formula is C21H23ClN4O3S2. The molecule has 0 fully saturated rings. The van der Waals surface area contributed by atoms with Crippen molar-refractivity contribution in [1.29, 1.82) is 0 Å². The van der Waals surface area contributed by atoms with Gasteiger partial charge in [-0.3, -0.25) is 9.10 Å². The fourth-order valence-corrected chi connectivity index (χ4v) is 4.85. The van der Waals surface area contributed by atoms with Crippen LogP contribution >= 0.6 is 23.4 Å². The maximum absolute atomic E-state index is 12.4. The molecule has 1 heterocycles. The van der Waals surface area contributed by atoms with Gasteiger partial charge < -0.3 is 4.57 Å². The van der Waals surface area contributed by atoms with Crippen molar-refractivity contribution in [1.82, 2.24) is 14.8 Å². The Labute approximate surface area is 191 Å². The third kappa shape index (κ3) is 5.87. The lowest BCUT2D eigenvalue weighted by atomic mass is 10.1. The number of carbonyl (C=O) groups excluding carboxylic acids is 1. The summed E-state index contributed by atoms with van der Waals surface area (Å²) in [5.41, 5.74) is 2.17. The van der Waals surface area contributed by atoms with E-state index < -0.39 is 10.0 Å². The lowest BCUT2D eigenvalue weighted by molar-refractivity contribution is 0.102. The summed E-state index contributed by atoms with van der Waals surface area (Å²) in [7, 11) is -3.53. The van der Waals surface area contributed by atoms with Gasteiger partial charge in [-0.25, -0.2) is 8.42 Å². The number of hydrogen-bond donors (Lipinski definition) is 0. The molecule has 0 bridgehead atoms. The fraction of sp³-hybridized carbons (Fsp3) is 0.286. The molecule has 3 rings (SSSR count).